The van der Waals surface area contributed by atoms with Gasteiger partial charge in [0.15, 0.2) is 0 Å². The van der Waals surface area contributed by atoms with E-state index in [0.717, 1.165) is 37.6 Å². The van der Waals surface area contributed by atoms with Crippen LogP contribution in [-0.4, -0.2) is 23.0 Å². The Morgan fingerprint density at radius 2 is 2.17 bits per heavy atom. The third kappa shape index (κ3) is 2.24. The van der Waals surface area contributed by atoms with Crippen molar-refractivity contribution < 1.29 is 4.74 Å². The molecule has 0 saturated carbocycles. The average molecular weight is 243 g/mol. The number of nitrogen functional groups attached to an aromatic ring is 1. The molecule has 2 aromatic rings. The molecular formula is C14H17N3O. The Labute approximate surface area is 106 Å². The van der Waals surface area contributed by atoms with E-state index < -0.39 is 0 Å². The summed E-state index contributed by atoms with van der Waals surface area (Å²) in [6, 6.07) is 10.3. The molecule has 2 N–H and O–H groups in total. The molecule has 1 unspecified atom stereocenters. The second-order valence-corrected chi connectivity index (χ2v) is 4.71. The van der Waals surface area contributed by atoms with Crippen LogP contribution in [0.1, 0.15) is 23.6 Å². The topological polar surface area (TPSA) is 53.1 Å². The minimum Gasteiger partial charge on any atom is -0.396 e. The molecule has 1 atom stereocenters. The number of nitrogens with two attached hydrogens (primary N) is 1. The van der Waals surface area contributed by atoms with Gasteiger partial charge in [-0.25, -0.2) is 0 Å². The second-order valence-electron chi connectivity index (χ2n) is 4.71. The zero-order valence-corrected chi connectivity index (χ0v) is 10.2. The summed E-state index contributed by atoms with van der Waals surface area (Å²) in [4.78, 5) is 0. The fourth-order valence-electron chi connectivity index (χ4n) is 2.37. The van der Waals surface area contributed by atoms with Crippen molar-refractivity contribution >= 4 is 5.69 Å². The predicted molar refractivity (Wildman–Crippen MR) is 70.4 cm³/mol. The smallest absolute Gasteiger partial charge is 0.0908 e. The maximum Gasteiger partial charge on any atom is 0.0908 e. The van der Waals surface area contributed by atoms with Crippen molar-refractivity contribution in [2.45, 2.75) is 18.9 Å². The molecule has 4 heteroatoms. The Morgan fingerprint density at radius 1 is 1.33 bits per heavy atom. The molecule has 0 spiro atoms. The van der Waals surface area contributed by atoms with Crippen molar-refractivity contribution in [2.75, 3.05) is 18.9 Å². The predicted octanol–water partition coefficient (Wildman–Crippen LogP) is 2.02. The number of anilines is 1. The van der Waals surface area contributed by atoms with Crippen molar-refractivity contribution in [1.29, 1.82) is 0 Å². The van der Waals surface area contributed by atoms with Gasteiger partial charge >= 0.3 is 0 Å². The van der Waals surface area contributed by atoms with E-state index in [1.807, 2.05) is 29.1 Å². The SMILES string of the molecule is Nc1cn(Cc2ccccc2)nc1C1CCOC1. The van der Waals surface area contributed by atoms with Crippen molar-refractivity contribution in [2.24, 2.45) is 0 Å². The summed E-state index contributed by atoms with van der Waals surface area (Å²) in [7, 11) is 0. The Bertz CT molecular complexity index is 515. The van der Waals surface area contributed by atoms with Crippen LogP contribution in [0.4, 0.5) is 5.69 Å². The highest BCUT2D eigenvalue weighted by molar-refractivity contribution is 5.43. The summed E-state index contributed by atoms with van der Waals surface area (Å²) in [6.07, 6.45) is 2.94. The lowest BCUT2D eigenvalue weighted by molar-refractivity contribution is 0.193. The molecule has 1 aliphatic rings. The number of hydrogen-bond acceptors (Lipinski definition) is 3. The van der Waals surface area contributed by atoms with Crippen LogP contribution >= 0.6 is 0 Å². The zero-order chi connectivity index (χ0) is 12.4. The Morgan fingerprint density at radius 3 is 2.89 bits per heavy atom. The monoisotopic (exact) mass is 243 g/mol. The molecule has 4 nitrogen and oxygen atoms in total. The summed E-state index contributed by atoms with van der Waals surface area (Å²) >= 11 is 0. The molecule has 1 aromatic heterocycles. The maximum absolute atomic E-state index is 6.04. The van der Waals surface area contributed by atoms with Crippen LogP contribution in [0, 0.1) is 0 Å². The van der Waals surface area contributed by atoms with Gasteiger partial charge in [0.25, 0.3) is 0 Å². The number of hydrogen-bond donors (Lipinski definition) is 1. The molecule has 2 heterocycles. The lowest BCUT2D eigenvalue weighted by atomic mass is 10.0. The highest BCUT2D eigenvalue weighted by Gasteiger charge is 2.22. The standard InChI is InChI=1S/C14H17N3O/c15-13-9-17(8-11-4-2-1-3-5-11)16-14(13)12-6-7-18-10-12/h1-5,9,12H,6-8,10,15H2. The summed E-state index contributed by atoms with van der Waals surface area (Å²) in [5.74, 6) is 0.363. The molecule has 1 aromatic carbocycles. The first-order chi connectivity index (χ1) is 8.83. The van der Waals surface area contributed by atoms with Gasteiger partial charge in [0.1, 0.15) is 0 Å². The van der Waals surface area contributed by atoms with Gasteiger partial charge in [0.2, 0.25) is 0 Å². The van der Waals surface area contributed by atoms with Crippen LogP contribution in [0.5, 0.6) is 0 Å². The van der Waals surface area contributed by atoms with Crippen LogP contribution in [0.15, 0.2) is 36.5 Å². The van der Waals surface area contributed by atoms with E-state index in [-0.39, 0.29) is 0 Å². The number of nitrogens with zero attached hydrogens (tertiary/aromatic N) is 2. The molecule has 1 aliphatic heterocycles. The number of rotatable bonds is 3. The van der Waals surface area contributed by atoms with Crippen LogP contribution in [-0.2, 0) is 11.3 Å². The van der Waals surface area contributed by atoms with Crippen molar-refractivity contribution in [3.05, 3.63) is 47.8 Å². The molecule has 0 amide bonds. The van der Waals surface area contributed by atoms with Crippen molar-refractivity contribution in [1.82, 2.24) is 9.78 Å². The normalized spacial score (nSPS) is 19.2. The summed E-state index contributed by atoms with van der Waals surface area (Å²) in [5, 5.41) is 4.60. The van der Waals surface area contributed by atoms with Gasteiger partial charge in [-0.15, -0.1) is 0 Å². The van der Waals surface area contributed by atoms with Crippen molar-refractivity contribution in [3.63, 3.8) is 0 Å². The quantitative estimate of drug-likeness (QED) is 0.897. The van der Waals surface area contributed by atoms with Gasteiger partial charge in [0.05, 0.1) is 24.5 Å². The fraction of sp³-hybridized carbons (Fsp3) is 0.357. The lowest BCUT2D eigenvalue weighted by Gasteiger charge is -2.04. The first-order valence-corrected chi connectivity index (χ1v) is 6.27. The largest absolute Gasteiger partial charge is 0.396 e. The third-order valence-corrected chi connectivity index (χ3v) is 3.32. The van der Waals surface area contributed by atoms with Gasteiger partial charge < -0.3 is 10.5 Å². The first kappa shape index (κ1) is 11.3. The first-order valence-electron chi connectivity index (χ1n) is 6.27. The molecule has 3 rings (SSSR count). The van der Waals surface area contributed by atoms with E-state index in [1.54, 1.807) is 0 Å². The summed E-state index contributed by atoms with van der Waals surface area (Å²) < 4.78 is 7.30. The number of ether oxygens (including phenoxy) is 1. The van der Waals surface area contributed by atoms with Gasteiger partial charge in [-0.3, -0.25) is 4.68 Å². The van der Waals surface area contributed by atoms with Gasteiger partial charge in [-0.2, -0.15) is 5.10 Å². The maximum atomic E-state index is 6.04. The minimum atomic E-state index is 0.363. The van der Waals surface area contributed by atoms with E-state index in [2.05, 4.69) is 17.2 Å². The Kier molecular flexibility index (Phi) is 3.02. The molecular weight excluding hydrogens is 226 g/mol. The van der Waals surface area contributed by atoms with Gasteiger partial charge in [-0.1, -0.05) is 30.3 Å². The minimum absolute atomic E-state index is 0.363. The van der Waals surface area contributed by atoms with E-state index in [0.29, 0.717) is 5.92 Å². The Balaban J connectivity index is 1.79. The highest BCUT2D eigenvalue weighted by atomic mass is 16.5. The van der Waals surface area contributed by atoms with E-state index >= 15 is 0 Å². The van der Waals surface area contributed by atoms with E-state index in [1.165, 1.54) is 5.56 Å². The molecule has 0 bridgehead atoms. The molecule has 1 saturated heterocycles. The Hall–Kier alpha value is -1.81. The average Bonchev–Trinajstić information content (AvgIpc) is 3.00. The zero-order valence-electron chi connectivity index (χ0n) is 10.2. The third-order valence-electron chi connectivity index (χ3n) is 3.32. The van der Waals surface area contributed by atoms with Crippen molar-refractivity contribution in [3.8, 4) is 0 Å². The van der Waals surface area contributed by atoms with E-state index in [9.17, 15) is 0 Å². The van der Waals surface area contributed by atoms with Crippen LogP contribution in [0.25, 0.3) is 0 Å². The van der Waals surface area contributed by atoms with Gasteiger partial charge in [0, 0.05) is 18.7 Å². The lowest BCUT2D eigenvalue weighted by Crippen LogP contribution is -2.04. The number of aromatic nitrogens is 2. The summed E-state index contributed by atoms with van der Waals surface area (Å²) in [5.41, 5.74) is 9.04. The van der Waals surface area contributed by atoms with Crippen LogP contribution in [0.3, 0.4) is 0 Å². The van der Waals surface area contributed by atoms with Gasteiger partial charge in [-0.05, 0) is 12.0 Å². The van der Waals surface area contributed by atoms with E-state index in [4.69, 9.17) is 10.5 Å². The van der Waals surface area contributed by atoms with Crippen LogP contribution < -0.4 is 5.73 Å². The molecule has 18 heavy (non-hydrogen) atoms. The second kappa shape index (κ2) is 4.82. The summed E-state index contributed by atoms with van der Waals surface area (Å²) in [6.45, 7) is 2.32. The molecule has 0 radical (unpaired) electrons. The van der Waals surface area contributed by atoms with Crippen LogP contribution in [0.2, 0.25) is 0 Å². The molecule has 94 valence electrons. The number of benzene rings is 1. The fourth-order valence-corrected chi connectivity index (χ4v) is 2.37. The highest BCUT2D eigenvalue weighted by Crippen LogP contribution is 2.28. The molecule has 0 aliphatic carbocycles. The molecule has 1 fully saturated rings.